The van der Waals surface area contributed by atoms with Crippen LogP contribution < -0.4 is 4.31 Å². The molecule has 6 heteroatoms. The molecule has 0 saturated heterocycles. The van der Waals surface area contributed by atoms with Crippen LogP contribution in [0.25, 0.3) is 22.3 Å². The fourth-order valence-corrected chi connectivity index (χ4v) is 5.49. The first kappa shape index (κ1) is 22.0. The van der Waals surface area contributed by atoms with Crippen molar-refractivity contribution in [2.45, 2.75) is 33.7 Å². The first-order valence-electron chi connectivity index (χ1n) is 10.4. The van der Waals surface area contributed by atoms with Gasteiger partial charge in [-0.3, -0.25) is 13.9 Å². The summed E-state index contributed by atoms with van der Waals surface area (Å²) in [6.07, 6.45) is 2.32. The number of fused-ring (bicyclic) bond motifs is 3. The fourth-order valence-electron chi connectivity index (χ4n) is 4.69. The molecule has 0 fully saturated rings. The molecule has 0 aromatic heterocycles. The highest BCUT2D eigenvalue weighted by molar-refractivity contribution is 7.85. The molecular weight excluding hydrogens is 422 g/mol. The molecule has 1 heterocycles. The maximum absolute atomic E-state index is 12.8. The van der Waals surface area contributed by atoms with Crippen LogP contribution in [-0.2, 0) is 28.7 Å². The second-order valence-electron chi connectivity index (χ2n) is 8.26. The van der Waals surface area contributed by atoms with E-state index in [4.69, 9.17) is 0 Å². The van der Waals surface area contributed by atoms with Crippen molar-refractivity contribution >= 4 is 28.9 Å². The SMILES string of the molecule is Cc1ccc(-c2c(C)c3c(c(C)c2CC(=O)O)N(S(C)=O)Cc2cc(C=O)ccc2-3)cc1. The van der Waals surface area contributed by atoms with Gasteiger partial charge in [0.05, 0.1) is 18.7 Å². The summed E-state index contributed by atoms with van der Waals surface area (Å²) in [6.45, 7) is 6.32. The third kappa shape index (κ3) is 3.65. The first-order chi connectivity index (χ1) is 15.2. The molecule has 1 aliphatic heterocycles. The molecule has 1 atom stereocenters. The lowest BCUT2D eigenvalue weighted by Gasteiger charge is -2.35. The number of benzene rings is 3. The van der Waals surface area contributed by atoms with Crippen LogP contribution in [0.2, 0.25) is 0 Å². The molecule has 3 aromatic carbocycles. The van der Waals surface area contributed by atoms with Crippen LogP contribution in [0.1, 0.15) is 38.2 Å². The van der Waals surface area contributed by atoms with Crippen molar-refractivity contribution in [1.29, 1.82) is 0 Å². The van der Waals surface area contributed by atoms with Gasteiger partial charge in [-0.1, -0.05) is 42.0 Å². The van der Waals surface area contributed by atoms with Crippen molar-refractivity contribution in [3.05, 3.63) is 75.8 Å². The quantitative estimate of drug-likeness (QED) is 0.559. The summed E-state index contributed by atoms with van der Waals surface area (Å²) < 4.78 is 14.6. The summed E-state index contributed by atoms with van der Waals surface area (Å²) in [6, 6.07) is 13.7. The Hall–Kier alpha value is -3.25. The summed E-state index contributed by atoms with van der Waals surface area (Å²) >= 11 is 0. The fraction of sp³-hybridized carbons (Fsp3) is 0.231. The lowest BCUT2D eigenvalue weighted by atomic mass is 9.80. The van der Waals surface area contributed by atoms with Gasteiger partial charge >= 0.3 is 5.97 Å². The average Bonchev–Trinajstić information content (AvgIpc) is 2.76. The van der Waals surface area contributed by atoms with Gasteiger partial charge in [0, 0.05) is 17.4 Å². The topological polar surface area (TPSA) is 74.7 Å². The molecular formula is C26H25NO4S. The molecule has 4 rings (SSSR count). The van der Waals surface area contributed by atoms with E-state index in [1.54, 1.807) is 16.6 Å². The third-order valence-electron chi connectivity index (χ3n) is 6.17. The van der Waals surface area contributed by atoms with E-state index in [0.717, 1.165) is 62.0 Å². The number of aliphatic carboxylic acids is 1. The monoisotopic (exact) mass is 447 g/mol. The number of carboxylic acid groups (broad SMARTS) is 1. The standard InChI is InChI=1S/C26H25NO4S/c1-15-5-8-19(9-6-15)24-17(3)25-21-10-7-18(14-28)11-20(21)13-27(32(4)31)26(25)16(2)22(24)12-23(29)30/h5-11,14H,12-13H2,1-4H3,(H,29,30). The lowest BCUT2D eigenvalue weighted by Crippen LogP contribution is -2.30. The Labute approximate surface area is 190 Å². The highest BCUT2D eigenvalue weighted by Gasteiger charge is 2.31. The maximum Gasteiger partial charge on any atom is 0.307 e. The zero-order chi connectivity index (χ0) is 23.2. The number of hydrogen-bond acceptors (Lipinski definition) is 3. The van der Waals surface area contributed by atoms with Crippen molar-refractivity contribution in [2.75, 3.05) is 10.6 Å². The Morgan fingerprint density at radius 2 is 1.75 bits per heavy atom. The number of hydrogen-bond donors (Lipinski definition) is 1. The first-order valence-corrected chi connectivity index (χ1v) is 11.9. The zero-order valence-corrected chi connectivity index (χ0v) is 19.4. The minimum atomic E-state index is -1.33. The number of carbonyl (C=O) groups is 2. The van der Waals surface area contributed by atoms with Crippen molar-refractivity contribution in [3.63, 3.8) is 0 Å². The molecule has 1 unspecified atom stereocenters. The lowest BCUT2D eigenvalue weighted by molar-refractivity contribution is -0.136. The summed E-state index contributed by atoms with van der Waals surface area (Å²) in [5.41, 5.74) is 9.73. The highest BCUT2D eigenvalue weighted by Crippen LogP contribution is 2.49. The Morgan fingerprint density at radius 3 is 2.34 bits per heavy atom. The van der Waals surface area contributed by atoms with Gasteiger partial charge in [0.25, 0.3) is 0 Å². The van der Waals surface area contributed by atoms with E-state index < -0.39 is 17.0 Å². The normalized spacial score (nSPS) is 13.3. The van der Waals surface area contributed by atoms with Crippen molar-refractivity contribution in [2.24, 2.45) is 0 Å². The van der Waals surface area contributed by atoms with E-state index in [1.807, 2.05) is 57.2 Å². The molecule has 3 aromatic rings. The number of rotatable bonds is 5. The minimum Gasteiger partial charge on any atom is -0.481 e. The smallest absolute Gasteiger partial charge is 0.307 e. The van der Waals surface area contributed by atoms with Crippen LogP contribution in [0.15, 0.2) is 42.5 Å². The molecule has 1 N–H and O–H groups in total. The maximum atomic E-state index is 12.8. The number of nitrogens with zero attached hydrogens (tertiary/aromatic N) is 1. The molecule has 5 nitrogen and oxygen atoms in total. The Kier molecular flexibility index (Phi) is 5.73. The van der Waals surface area contributed by atoms with Crippen molar-refractivity contribution in [1.82, 2.24) is 0 Å². The highest BCUT2D eigenvalue weighted by atomic mass is 32.2. The molecule has 0 radical (unpaired) electrons. The van der Waals surface area contributed by atoms with E-state index in [0.29, 0.717) is 12.1 Å². The number of anilines is 1. The predicted molar refractivity (Wildman–Crippen MR) is 129 cm³/mol. The number of carboxylic acids is 1. The molecule has 0 spiro atoms. The van der Waals surface area contributed by atoms with Gasteiger partial charge in [-0.2, -0.15) is 0 Å². The number of carbonyl (C=O) groups excluding carboxylic acids is 1. The number of aldehydes is 1. The largest absolute Gasteiger partial charge is 0.481 e. The zero-order valence-electron chi connectivity index (χ0n) is 18.6. The Morgan fingerprint density at radius 1 is 1.06 bits per heavy atom. The molecule has 0 amide bonds. The van der Waals surface area contributed by atoms with E-state index in [9.17, 15) is 18.9 Å². The average molecular weight is 448 g/mol. The minimum absolute atomic E-state index is 0.121. The molecule has 1 aliphatic rings. The van der Waals surface area contributed by atoms with Crippen LogP contribution in [0.5, 0.6) is 0 Å². The molecule has 32 heavy (non-hydrogen) atoms. The molecule has 0 saturated carbocycles. The van der Waals surface area contributed by atoms with E-state index in [1.165, 1.54) is 0 Å². The van der Waals surface area contributed by atoms with Gasteiger partial charge in [0.2, 0.25) is 0 Å². The van der Waals surface area contributed by atoms with Crippen LogP contribution in [0, 0.1) is 20.8 Å². The van der Waals surface area contributed by atoms with Gasteiger partial charge in [-0.05, 0) is 65.8 Å². The second kappa shape index (κ2) is 8.36. The van der Waals surface area contributed by atoms with Gasteiger partial charge in [-0.15, -0.1) is 0 Å². The van der Waals surface area contributed by atoms with E-state index >= 15 is 0 Å². The van der Waals surface area contributed by atoms with E-state index in [2.05, 4.69) is 0 Å². The third-order valence-corrected chi connectivity index (χ3v) is 7.11. The van der Waals surface area contributed by atoms with Gasteiger partial charge in [0.15, 0.2) is 0 Å². The molecule has 0 bridgehead atoms. The van der Waals surface area contributed by atoms with E-state index in [-0.39, 0.29) is 6.42 Å². The number of aryl methyl sites for hydroxylation is 1. The van der Waals surface area contributed by atoms with Crippen LogP contribution in [0.4, 0.5) is 5.69 Å². The summed E-state index contributed by atoms with van der Waals surface area (Å²) in [5, 5.41) is 9.69. The van der Waals surface area contributed by atoms with Gasteiger partial charge in [0.1, 0.15) is 17.3 Å². The van der Waals surface area contributed by atoms with Crippen molar-refractivity contribution < 1.29 is 18.9 Å². The van der Waals surface area contributed by atoms with Crippen molar-refractivity contribution in [3.8, 4) is 22.3 Å². The van der Waals surface area contributed by atoms with Crippen LogP contribution >= 0.6 is 0 Å². The Bertz CT molecular complexity index is 1280. The Balaban J connectivity index is 2.13. The van der Waals surface area contributed by atoms with Gasteiger partial charge in [-0.25, -0.2) is 4.21 Å². The summed E-state index contributed by atoms with van der Waals surface area (Å²) in [5.74, 6) is -0.906. The summed E-state index contributed by atoms with van der Waals surface area (Å²) in [4.78, 5) is 23.2. The van der Waals surface area contributed by atoms with Gasteiger partial charge < -0.3 is 5.11 Å². The van der Waals surface area contributed by atoms with Crippen LogP contribution in [0.3, 0.4) is 0 Å². The summed E-state index contributed by atoms with van der Waals surface area (Å²) in [7, 11) is -1.33. The molecule has 0 aliphatic carbocycles. The second-order valence-corrected chi connectivity index (χ2v) is 9.55. The van der Waals surface area contributed by atoms with Crippen LogP contribution in [-0.4, -0.2) is 27.8 Å². The molecule has 164 valence electrons. The predicted octanol–water partition coefficient (Wildman–Crippen LogP) is 5.00.